The first kappa shape index (κ1) is 57.8. The number of carbonyl (C=O) groups is 3. The molecular formula is C56H88O6. The van der Waals surface area contributed by atoms with Crippen LogP contribution in [-0.4, -0.2) is 37.2 Å². The fourth-order valence-corrected chi connectivity index (χ4v) is 6.31. The zero-order valence-electron chi connectivity index (χ0n) is 39.6. The first-order valence-corrected chi connectivity index (χ1v) is 24.7. The molecular weight excluding hydrogens is 769 g/mol. The molecule has 0 N–H and O–H groups in total. The summed E-state index contributed by atoms with van der Waals surface area (Å²) in [6.07, 6.45) is 67.5. The summed E-state index contributed by atoms with van der Waals surface area (Å²) < 4.78 is 16.7. The van der Waals surface area contributed by atoms with Crippen LogP contribution in [0.15, 0.2) is 122 Å². The Labute approximate surface area is 380 Å². The van der Waals surface area contributed by atoms with Crippen molar-refractivity contribution in [1.29, 1.82) is 0 Å². The number of ether oxygens (including phenoxy) is 3. The van der Waals surface area contributed by atoms with E-state index in [0.717, 1.165) is 77.0 Å². The van der Waals surface area contributed by atoms with Crippen LogP contribution in [0, 0.1) is 0 Å². The Morgan fingerprint density at radius 1 is 0.339 bits per heavy atom. The third-order valence-electron chi connectivity index (χ3n) is 9.97. The minimum atomic E-state index is -0.819. The molecule has 0 aliphatic heterocycles. The van der Waals surface area contributed by atoms with Gasteiger partial charge in [-0.3, -0.25) is 14.4 Å². The van der Waals surface area contributed by atoms with Crippen LogP contribution in [0.4, 0.5) is 0 Å². The van der Waals surface area contributed by atoms with E-state index in [2.05, 4.69) is 45.1 Å². The lowest BCUT2D eigenvalue weighted by Gasteiger charge is -2.18. The molecule has 0 spiro atoms. The summed E-state index contributed by atoms with van der Waals surface area (Å²) >= 11 is 0. The first-order chi connectivity index (χ1) is 30.5. The maximum Gasteiger partial charge on any atom is 0.306 e. The molecule has 0 fully saturated rings. The van der Waals surface area contributed by atoms with Gasteiger partial charge in [0, 0.05) is 19.3 Å². The Balaban J connectivity index is 4.57. The second-order valence-corrected chi connectivity index (χ2v) is 15.9. The molecule has 0 aliphatic rings. The van der Waals surface area contributed by atoms with E-state index in [0.29, 0.717) is 19.3 Å². The molecule has 1 atom stereocenters. The summed E-state index contributed by atoms with van der Waals surface area (Å²) in [4.78, 5) is 37.9. The smallest absolute Gasteiger partial charge is 0.306 e. The lowest BCUT2D eigenvalue weighted by atomic mass is 10.0. The zero-order chi connectivity index (χ0) is 45.1. The van der Waals surface area contributed by atoms with Crippen LogP contribution in [0.1, 0.15) is 194 Å². The van der Waals surface area contributed by atoms with Gasteiger partial charge >= 0.3 is 17.9 Å². The average molecular weight is 857 g/mol. The van der Waals surface area contributed by atoms with Crippen molar-refractivity contribution < 1.29 is 28.6 Å². The number of hydrogen-bond donors (Lipinski definition) is 0. The van der Waals surface area contributed by atoms with E-state index in [1.165, 1.54) is 70.6 Å². The number of unbranched alkanes of at least 4 members (excludes halogenated alkanes) is 19. The molecule has 6 nitrogen and oxygen atoms in total. The van der Waals surface area contributed by atoms with E-state index in [-0.39, 0.29) is 37.5 Å². The molecule has 1 unspecified atom stereocenters. The van der Waals surface area contributed by atoms with Crippen LogP contribution in [0.5, 0.6) is 0 Å². The number of esters is 3. The molecule has 0 heterocycles. The predicted octanol–water partition coefficient (Wildman–Crippen LogP) is 16.1. The normalized spacial score (nSPS) is 13.1. The summed E-state index contributed by atoms with van der Waals surface area (Å²) in [5, 5.41) is 0. The van der Waals surface area contributed by atoms with Gasteiger partial charge < -0.3 is 14.2 Å². The topological polar surface area (TPSA) is 78.9 Å². The van der Waals surface area contributed by atoms with Gasteiger partial charge in [-0.2, -0.15) is 0 Å². The lowest BCUT2D eigenvalue weighted by molar-refractivity contribution is -0.167. The summed E-state index contributed by atoms with van der Waals surface area (Å²) in [7, 11) is 0. The molecule has 348 valence electrons. The largest absolute Gasteiger partial charge is 0.462 e. The fourth-order valence-electron chi connectivity index (χ4n) is 6.31. The molecule has 0 amide bonds. The Hall–Kier alpha value is -4.19. The van der Waals surface area contributed by atoms with E-state index < -0.39 is 6.10 Å². The molecule has 0 bridgehead atoms. The van der Waals surface area contributed by atoms with E-state index in [1.807, 2.05) is 97.2 Å². The molecule has 0 aromatic carbocycles. The summed E-state index contributed by atoms with van der Waals surface area (Å²) in [5.41, 5.74) is 0. The van der Waals surface area contributed by atoms with Crippen LogP contribution in [0.3, 0.4) is 0 Å². The highest BCUT2D eigenvalue weighted by atomic mass is 16.6. The van der Waals surface area contributed by atoms with Crippen LogP contribution < -0.4 is 0 Å². The van der Waals surface area contributed by atoms with Gasteiger partial charge in [0.25, 0.3) is 0 Å². The minimum absolute atomic E-state index is 0.111. The second kappa shape index (κ2) is 49.5. The van der Waals surface area contributed by atoms with Crippen molar-refractivity contribution in [2.75, 3.05) is 13.2 Å². The van der Waals surface area contributed by atoms with Gasteiger partial charge in [0.05, 0.1) is 0 Å². The number of carbonyl (C=O) groups excluding carboxylic acids is 3. The van der Waals surface area contributed by atoms with Gasteiger partial charge in [0.1, 0.15) is 13.2 Å². The standard InChI is InChI=1S/C56H88O6/c1-4-7-10-13-16-19-22-25-28-31-34-37-40-43-46-49-55(58)61-52-53(51-60-54(57)48-45-42-39-36-33-30-27-24-21-18-15-12-9-6-3)62-56(59)50-47-44-41-38-35-32-29-26-23-20-17-14-11-8-5-2/h7-8,10-11,13-14,16-17,19-20,22-23,25-26,28-29,31-32,34-35,53H,4-6,9,12,15,18,21,24,27,30,33,36-52H2,1-3H3/b10-7-,11-8-,16-13-,17-14-,22-19-,23-20-,28-25-,29-26-,34-31-,35-32-. The predicted molar refractivity (Wildman–Crippen MR) is 265 cm³/mol. The quantitative estimate of drug-likeness (QED) is 0.0263. The Kier molecular flexibility index (Phi) is 46.1. The average Bonchev–Trinajstić information content (AvgIpc) is 3.27. The van der Waals surface area contributed by atoms with E-state index >= 15 is 0 Å². The van der Waals surface area contributed by atoms with Crippen molar-refractivity contribution >= 4 is 17.9 Å². The third-order valence-corrected chi connectivity index (χ3v) is 9.97. The molecule has 62 heavy (non-hydrogen) atoms. The first-order valence-electron chi connectivity index (χ1n) is 24.7. The van der Waals surface area contributed by atoms with Gasteiger partial charge in [-0.25, -0.2) is 0 Å². The number of hydrogen-bond acceptors (Lipinski definition) is 6. The third kappa shape index (κ3) is 46.9. The van der Waals surface area contributed by atoms with Crippen molar-refractivity contribution in [3.63, 3.8) is 0 Å². The van der Waals surface area contributed by atoms with E-state index in [9.17, 15) is 14.4 Å². The number of allylic oxidation sites excluding steroid dienone is 20. The van der Waals surface area contributed by atoms with Gasteiger partial charge in [0.2, 0.25) is 0 Å². The zero-order valence-corrected chi connectivity index (χ0v) is 39.6. The van der Waals surface area contributed by atoms with Crippen molar-refractivity contribution in [1.82, 2.24) is 0 Å². The molecule has 0 aromatic rings. The highest BCUT2D eigenvalue weighted by molar-refractivity contribution is 5.71. The van der Waals surface area contributed by atoms with Crippen LogP contribution in [0.2, 0.25) is 0 Å². The maximum atomic E-state index is 12.8. The van der Waals surface area contributed by atoms with Gasteiger partial charge in [0.15, 0.2) is 6.10 Å². The van der Waals surface area contributed by atoms with Gasteiger partial charge in [-0.15, -0.1) is 0 Å². The molecule has 0 aliphatic carbocycles. The summed E-state index contributed by atoms with van der Waals surface area (Å²) in [5.74, 6) is -1.01. The highest BCUT2D eigenvalue weighted by Gasteiger charge is 2.19. The SMILES string of the molecule is CC\C=C/C=C\C=C/C=C\C=C/CCCCCC(=O)OCC(COC(=O)CCCCCCCCCCCCCCCC)OC(=O)CCCCC\C=C/C=C\C=C/C=C\C=C/CC. The number of rotatable bonds is 42. The Morgan fingerprint density at radius 3 is 0.984 bits per heavy atom. The fraction of sp³-hybridized carbons (Fsp3) is 0.589. The second-order valence-electron chi connectivity index (χ2n) is 15.9. The Morgan fingerprint density at radius 2 is 0.629 bits per heavy atom. The molecule has 0 aromatic heterocycles. The molecule has 0 radical (unpaired) electrons. The minimum Gasteiger partial charge on any atom is -0.462 e. The van der Waals surface area contributed by atoms with Crippen LogP contribution >= 0.6 is 0 Å². The van der Waals surface area contributed by atoms with Crippen LogP contribution in [0.25, 0.3) is 0 Å². The monoisotopic (exact) mass is 857 g/mol. The van der Waals surface area contributed by atoms with Crippen molar-refractivity contribution in [3.8, 4) is 0 Å². The van der Waals surface area contributed by atoms with Crippen LogP contribution in [-0.2, 0) is 28.6 Å². The maximum absolute atomic E-state index is 12.8. The van der Waals surface area contributed by atoms with Crippen molar-refractivity contribution in [2.24, 2.45) is 0 Å². The van der Waals surface area contributed by atoms with Gasteiger partial charge in [-0.1, -0.05) is 239 Å². The molecule has 0 saturated heterocycles. The summed E-state index contributed by atoms with van der Waals surface area (Å²) in [6.45, 7) is 6.26. The Bertz CT molecular complexity index is 1350. The van der Waals surface area contributed by atoms with E-state index in [1.54, 1.807) is 0 Å². The van der Waals surface area contributed by atoms with Crippen molar-refractivity contribution in [2.45, 2.75) is 200 Å². The molecule has 6 heteroatoms. The molecule has 0 saturated carbocycles. The highest BCUT2D eigenvalue weighted by Crippen LogP contribution is 2.14. The molecule has 0 rings (SSSR count). The van der Waals surface area contributed by atoms with Gasteiger partial charge in [-0.05, 0) is 57.8 Å². The lowest BCUT2D eigenvalue weighted by Crippen LogP contribution is -2.30. The van der Waals surface area contributed by atoms with E-state index in [4.69, 9.17) is 14.2 Å². The summed E-state index contributed by atoms with van der Waals surface area (Å²) in [6, 6.07) is 0. The van der Waals surface area contributed by atoms with Crippen molar-refractivity contribution in [3.05, 3.63) is 122 Å².